The van der Waals surface area contributed by atoms with E-state index in [1.165, 1.54) is 17.1 Å². The van der Waals surface area contributed by atoms with Crippen molar-refractivity contribution in [2.24, 2.45) is 5.73 Å². The number of nitrogens with one attached hydrogen (secondary N) is 2. The number of amides is 3. The largest absolute Gasteiger partial charge is 0.387 e. The third kappa shape index (κ3) is 5.28. The lowest BCUT2D eigenvalue weighted by atomic mass is 10.1. The quantitative estimate of drug-likeness (QED) is 0.624. The summed E-state index contributed by atoms with van der Waals surface area (Å²) in [5.41, 5.74) is 6.05. The van der Waals surface area contributed by atoms with E-state index < -0.39 is 18.0 Å². The Bertz CT molecular complexity index is 703. The van der Waals surface area contributed by atoms with Crippen molar-refractivity contribution in [3.63, 3.8) is 0 Å². The number of halogens is 1. The van der Waals surface area contributed by atoms with Crippen molar-refractivity contribution < 1.29 is 14.7 Å². The van der Waals surface area contributed by atoms with Crippen molar-refractivity contribution in [1.29, 1.82) is 0 Å². The van der Waals surface area contributed by atoms with Crippen LogP contribution in [0.4, 0.5) is 10.5 Å². The molecule has 23 heavy (non-hydrogen) atoms. The van der Waals surface area contributed by atoms with Gasteiger partial charge in [0.05, 0.1) is 18.0 Å². The Hall–Kier alpha value is -2.58. The zero-order chi connectivity index (χ0) is 16.8. The zero-order valence-electron chi connectivity index (χ0n) is 12.1. The first kappa shape index (κ1) is 16.8. The van der Waals surface area contributed by atoms with Gasteiger partial charge in [0.2, 0.25) is 5.91 Å². The number of nitrogens with two attached hydrogens (primary N) is 1. The van der Waals surface area contributed by atoms with E-state index in [0.29, 0.717) is 16.3 Å². The number of anilines is 1. The number of aromatic nitrogens is 2. The predicted octanol–water partition coefficient (Wildman–Crippen LogP) is 0.877. The van der Waals surface area contributed by atoms with Crippen LogP contribution in [0.2, 0.25) is 5.02 Å². The second-order valence-electron chi connectivity index (χ2n) is 4.80. The summed E-state index contributed by atoms with van der Waals surface area (Å²) in [6.45, 7) is -0.0572. The number of urea groups is 1. The molecule has 0 radical (unpaired) electrons. The lowest BCUT2D eigenvalue weighted by Crippen LogP contribution is -2.32. The molecular formula is C14H16ClN5O3. The lowest BCUT2D eigenvalue weighted by molar-refractivity contribution is -0.118. The molecule has 0 saturated carbocycles. The summed E-state index contributed by atoms with van der Waals surface area (Å²) in [6.07, 6.45) is 1.98. The second kappa shape index (κ2) is 7.61. The van der Waals surface area contributed by atoms with Crippen LogP contribution in [0.5, 0.6) is 0 Å². The van der Waals surface area contributed by atoms with Gasteiger partial charge in [-0.1, -0.05) is 23.7 Å². The molecule has 0 aliphatic carbocycles. The Morgan fingerprint density at radius 3 is 2.91 bits per heavy atom. The number of primary amides is 1. The van der Waals surface area contributed by atoms with Gasteiger partial charge in [0.1, 0.15) is 6.54 Å². The summed E-state index contributed by atoms with van der Waals surface area (Å²) in [7, 11) is 0. The molecule has 0 saturated heterocycles. The first-order chi connectivity index (χ1) is 10.9. The van der Waals surface area contributed by atoms with Gasteiger partial charge in [-0.15, -0.1) is 0 Å². The minimum Gasteiger partial charge on any atom is -0.387 e. The molecule has 2 rings (SSSR count). The smallest absolute Gasteiger partial charge is 0.319 e. The van der Waals surface area contributed by atoms with Crippen LogP contribution < -0.4 is 16.4 Å². The summed E-state index contributed by atoms with van der Waals surface area (Å²) < 4.78 is 1.30. The Balaban J connectivity index is 1.83. The van der Waals surface area contributed by atoms with Crippen LogP contribution in [-0.2, 0) is 11.3 Å². The van der Waals surface area contributed by atoms with Crippen molar-refractivity contribution in [2.45, 2.75) is 12.6 Å². The van der Waals surface area contributed by atoms with Gasteiger partial charge in [0.15, 0.2) is 0 Å². The number of benzene rings is 1. The van der Waals surface area contributed by atoms with Gasteiger partial charge in [0, 0.05) is 17.8 Å². The van der Waals surface area contributed by atoms with E-state index in [1.807, 2.05) is 0 Å². The van der Waals surface area contributed by atoms with Gasteiger partial charge < -0.3 is 21.5 Å². The lowest BCUT2D eigenvalue weighted by Gasteiger charge is -2.12. The fourth-order valence-corrected chi connectivity index (χ4v) is 2.07. The van der Waals surface area contributed by atoms with Crippen molar-refractivity contribution >= 4 is 29.2 Å². The summed E-state index contributed by atoms with van der Waals surface area (Å²) in [5.74, 6) is -0.534. The number of carbonyl (C=O) groups excluding carboxylic acids is 2. The normalized spacial score (nSPS) is 11.7. The van der Waals surface area contributed by atoms with Crippen molar-refractivity contribution in [1.82, 2.24) is 15.1 Å². The molecule has 0 bridgehead atoms. The number of carbonyl (C=O) groups is 2. The number of nitrogens with zero attached hydrogens (tertiary/aromatic N) is 2. The predicted molar refractivity (Wildman–Crippen MR) is 84.9 cm³/mol. The van der Waals surface area contributed by atoms with E-state index in [9.17, 15) is 14.7 Å². The molecule has 0 spiro atoms. The molecule has 1 heterocycles. The van der Waals surface area contributed by atoms with Crippen LogP contribution in [0.25, 0.3) is 0 Å². The molecule has 1 aromatic heterocycles. The van der Waals surface area contributed by atoms with Crippen molar-refractivity contribution in [3.8, 4) is 0 Å². The highest BCUT2D eigenvalue weighted by atomic mass is 35.5. The van der Waals surface area contributed by atoms with Gasteiger partial charge in [-0.25, -0.2) is 4.79 Å². The standard InChI is InChI=1S/C14H16ClN5O3/c15-10-3-1-2-9(4-10)12(21)6-17-14(23)19-11-5-18-20(7-11)8-13(16)22/h1-5,7,12,21H,6,8H2,(H2,16,22)(H2,17,19,23)/t12-/m0/s1. The summed E-state index contributed by atoms with van der Waals surface area (Å²) >= 11 is 5.84. The van der Waals surface area contributed by atoms with Gasteiger partial charge >= 0.3 is 6.03 Å². The van der Waals surface area contributed by atoms with E-state index in [0.717, 1.165) is 0 Å². The zero-order valence-corrected chi connectivity index (χ0v) is 12.8. The second-order valence-corrected chi connectivity index (χ2v) is 5.24. The van der Waals surface area contributed by atoms with Crippen LogP contribution in [0.3, 0.4) is 0 Å². The molecule has 8 nitrogen and oxygen atoms in total. The fourth-order valence-electron chi connectivity index (χ4n) is 1.87. The van der Waals surface area contributed by atoms with E-state index in [1.54, 1.807) is 24.3 Å². The molecule has 9 heteroatoms. The maximum Gasteiger partial charge on any atom is 0.319 e. The molecule has 2 aromatic rings. The first-order valence-corrected chi connectivity index (χ1v) is 7.11. The monoisotopic (exact) mass is 337 g/mol. The van der Waals surface area contributed by atoms with Gasteiger partial charge in [-0.2, -0.15) is 5.10 Å². The molecule has 0 unspecified atom stereocenters. The molecule has 1 atom stereocenters. The van der Waals surface area contributed by atoms with E-state index in [4.69, 9.17) is 17.3 Å². The molecule has 0 aliphatic rings. The van der Waals surface area contributed by atoms with E-state index >= 15 is 0 Å². The maximum absolute atomic E-state index is 11.8. The van der Waals surface area contributed by atoms with E-state index in [-0.39, 0.29) is 13.1 Å². The summed E-state index contributed by atoms with van der Waals surface area (Å²) in [5, 5.41) is 19.4. The minimum absolute atomic E-state index is 0.0155. The topological polar surface area (TPSA) is 122 Å². The average molecular weight is 338 g/mol. The number of hydrogen-bond donors (Lipinski definition) is 4. The number of rotatable bonds is 6. The molecular weight excluding hydrogens is 322 g/mol. The summed E-state index contributed by atoms with van der Waals surface area (Å²) in [6, 6.07) is 6.24. The third-order valence-corrected chi connectivity index (χ3v) is 3.13. The van der Waals surface area contributed by atoms with Crippen LogP contribution in [-0.4, -0.2) is 33.4 Å². The van der Waals surface area contributed by atoms with Crippen LogP contribution in [0, 0.1) is 0 Å². The molecule has 0 fully saturated rings. The Kier molecular flexibility index (Phi) is 5.56. The van der Waals surface area contributed by atoms with Crippen LogP contribution in [0.15, 0.2) is 36.7 Å². The summed E-state index contributed by atoms with van der Waals surface area (Å²) in [4.78, 5) is 22.5. The highest BCUT2D eigenvalue weighted by molar-refractivity contribution is 6.30. The highest BCUT2D eigenvalue weighted by Gasteiger charge is 2.10. The highest BCUT2D eigenvalue weighted by Crippen LogP contribution is 2.17. The van der Waals surface area contributed by atoms with Crippen molar-refractivity contribution in [3.05, 3.63) is 47.2 Å². The molecule has 1 aromatic carbocycles. The first-order valence-electron chi connectivity index (χ1n) is 6.73. The number of aliphatic hydroxyl groups excluding tert-OH is 1. The third-order valence-electron chi connectivity index (χ3n) is 2.90. The molecule has 0 aliphatic heterocycles. The Morgan fingerprint density at radius 1 is 1.43 bits per heavy atom. The SMILES string of the molecule is NC(=O)Cn1cc(NC(=O)NC[C@H](O)c2cccc(Cl)c2)cn1. The van der Waals surface area contributed by atoms with Crippen LogP contribution in [0.1, 0.15) is 11.7 Å². The van der Waals surface area contributed by atoms with Crippen molar-refractivity contribution in [2.75, 3.05) is 11.9 Å². The number of aliphatic hydroxyl groups is 1. The Morgan fingerprint density at radius 2 is 2.22 bits per heavy atom. The van der Waals surface area contributed by atoms with E-state index in [2.05, 4.69) is 15.7 Å². The maximum atomic E-state index is 11.8. The van der Waals surface area contributed by atoms with Gasteiger partial charge in [0.25, 0.3) is 0 Å². The molecule has 3 amide bonds. The van der Waals surface area contributed by atoms with Gasteiger partial charge in [-0.05, 0) is 17.7 Å². The molecule has 122 valence electrons. The molecule has 5 N–H and O–H groups in total. The average Bonchev–Trinajstić information content (AvgIpc) is 2.91. The number of hydrogen-bond acceptors (Lipinski definition) is 4. The Labute approximate surface area is 137 Å². The van der Waals surface area contributed by atoms with Gasteiger partial charge in [-0.3, -0.25) is 9.48 Å². The minimum atomic E-state index is -0.878. The van der Waals surface area contributed by atoms with Crippen LogP contribution >= 0.6 is 11.6 Å². The fraction of sp³-hybridized carbons (Fsp3) is 0.214.